The molecule has 142 valence electrons. The van der Waals surface area contributed by atoms with Gasteiger partial charge in [-0.25, -0.2) is 0 Å². The first-order valence-corrected chi connectivity index (χ1v) is 9.22. The monoisotopic (exact) mass is 395 g/mol. The van der Waals surface area contributed by atoms with Crippen LogP contribution < -0.4 is 10.1 Å². The van der Waals surface area contributed by atoms with Gasteiger partial charge in [0.1, 0.15) is 11.5 Å². The minimum atomic E-state index is 0.00402. The number of halogens is 1. The lowest BCUT2D eigenvalue weighted by Crippen LogP contribution is -2.40. The Morgan fingerprint density at radius 2 is 2.08 bits per heavy atom. The van der Waals surface area contributed by atoms with Crippen molar-refractivity contribution in [3.05, 3.63) is 46.9 Å². The number of ether oxygens (including phenoxy) is 1. The van der Waals surface area contributed by atoms with Gasteiger partial charge >= 0.3 is 0 Å². The Balaban J connectivity index is 2.24. The van der Waals surface area contributed by atoms with E-state index in [1.807, 2.05) is 39.2 Å². The zero-order valence-corrected chi connectivity index (χ0v) is 17.4. The molecule has 7 heteroatoms. The maximum Gasteiger partial charge on any atom is 0.174 e. The van der Waals surface area contributed by atoms with E-state index >= 15 is 0 Å². The van der Waals surface area contributed by atoms with Crippen LogP contribution in [0.25, 0.3) is 0 Å². The van der Waals surface area contributed by atoms with Gasteiger partial charge in [-0.3, -0.25) is 0 Å². The fraction of sp³-hybridized carbons (Fsp3) is 0.421. The van der Waals surface area contributed by atoms with Crippen LogP contribution in [-0.2, 0) is 0 Å². The van der Waals surface area contributed by atoms with E-state index in [0.29, 0.717) is 15.9 Å². The molecule has 0 radical (unpaired) electrons. The number of hydrogen-bond acceptors (Lipinski definition) is 4. The highest BCUT2D eigenvalue weighted by Crippen LogP contribution is 2.32. The van der Waals surface area contributed by atoms with Gasteiger partial charge < -0.3 is 24.3 Å². The van der Waals surface area contributed by atoms with E-state index in [2.05, 4.69) is 22.0 Å². The Labute approximate surface area is 165 Å². The zero-order chi connectivity index (χ0) is 19.3. The van der Waals surface area contributed by atoms with Crippen molar-refractivity contribution in [1.82, 2.24) is 9.80 Å². The summed E-state index contributed by atoms with van der Waals surface area (Å²) in [6.45, 7) is 5.65. The average molecular weight is 396 g/mol. The predicted octanol–water partition coefficient (Wildman–Crippen LogP) is 4.57. The van der Waals surface area contributed by atoms with Gasteiger partial charge in [-0.1, -0.05) is 11.6 Å². The lowest BCUT2D eigenvalue weighted by atomic mass is 10.2. The second-order valence-electron chi connectivity index (χ2n) is 6.42. The Bertz CT molecular complexity index is 735. The normalized spacial score (nSPS) is 12.1. The molecule has 1 aromatic carbocycles. The molecule has 0 fully saturated rings. The first-order valence-electron chi connectivity index (χ1n) is 8.43. The van der Waals surface area contributed by atoms with Gasteiger partial charge in [0, 0.05) is 24.2 Å². The van der Waals surface area contributed by atoms with Crippen molar-refractivity contribution in [3.8, 4) is 5.75 Å². The third kappa shape index (κ3) is 5.13. The summed E-state index contributed by atoms with van der Waals surface area (Å²) in [6.07, 6.45) is 1.68. The molecule has 5 nitrogen and oxygen atoms in total. The van der Waals surface area contributed by atoms with Gasteiger partial charge in [0.2, 0.25) is 0 Å². The maximum absolute atomic E-state index is 6.20. The predicted molar refractivity (Wildman–Crippen MR) is 111 cm³/mol. The largest absolute Gasteiger partial charge is 0.495 e. The van der Waals surface area contributed by atoms with Crippen LogP contribution in [0.2, 0.25) is 5.02 Å². The Morgan fingerprint density at radius 1 is 1.35 bits per heavy atom. The summed E-state index contributed by atoms with van der Waals surface area (Å²) in [4.78, 5) is 4.23. The van der Waals surface area contributed by atoms with Crippen LogP contribution in [0.1, 0.15) is 24.3 Å². The number of rotatable bonds is 7. The standard InChI is InChI=1S/C19H26ClN3O2S/c1-13-11-16(18(24-5)12-15(13)20)21-19(26)23(9-8-22(3)4)14(2)17-7-6-10-25-17/h6-7,10-12,14H,8-9H2,1-5H3,(H,21,26)/t14-/m0/s1. The highest BCUT2D eigenvalue weighted by molar-refractivity contribution is 7.80. The number of aryl methyl sites for hydroxylation is 1. The van der Waals surface area contributed by atoms with Crippen molar-refractivity contribution in [2.24, 2.45) is 0 Å². The molecule has 0 aliphatic heterocycles. The molecule has 0 saturated carbocycles. The molecular formula is C19H26ClN3O2S. The van der Waals surface area contributed by atoms with Crippen LogP contribution in [-0.4, -0.2) is 49.2 Å². The number of likely N-dealkylation sites (N-methyl/N-ethyl adjacent to an activating group) is 1. The van der Waals surface area contributed by atoms with Crippen molar-refractivity contribution in [3.63, 3.8) is 0 Å². The van der Waals surface area contributed by atoms with Gasteiger partial charge in [0.05, 0.1) is 25.1 Å². The molecule has 2 rings (SSSR count). The Kier molecular flexibility index (Phi) is 7.32. The quantitative estimate of drug-likeness (QED) is 0.692. The summed E-state index contributed by atoms with van der Waals surface area (Å²) in [5.74, 6) is 1.52. The lowest BCUT2D eigenvalue weighted by molar-refractivity contribution is 0.263. The van der Waals surface area contributed by atoms with E-state index in [1.54, 1.807) is 19.4 Å². The van der Waals surface area contributed by atoms with Crippen LogP contribution in [0.4, 0.5) is 5.69 Å². The van der Waals surface area contributed by atoms with Gasteiger partial charge in [0.15, 0.2) is 5.11 Å². The number of hydrogen-bond donors (Lipinski definition) is 1. The maximum atomic E-state index is 6.20. The smallest absolute Gasteiger partial charge is 0.174 e. The van der Waals surface area contributed by atoms with E-state index < -0.39 is 0 Å². The van der Waals surface area contributed by atoms with E-state index in [-0.39, 0.29) is 6.04 Å². The summed E-state index contributed by atoms with van der Waals surface area (Å²) >= 11 is 11.9. The van der Waals surface area contributed by atoms with Crippen molar-refractivity contribution in [2.45, 2.75) is 19.9 Å². The molecule has 0 aliphatic carbocycles. The number of anilines is 1. The van der Waals surface area contributed by atoms with Crippen LogP contribution in [0, 0.1) is 6.92 Å². The molecular weight excluding hydrogens is 370 g/mol. The number of furan rings is 1. The van der Waals surface area contributed by atoms with Gasteiger partial charge in [-0.05, 0) is 63.9 Å². The highest BCUT2D eigenvalue weighted by Gasteiger charge is 2.22. The van der Waals surface area contributed by atoms with Crippen molar-refractivity contribution in [2.75, 3.05) is 39.6 Å². The van der Waals surface area contributed by atoms with E-state index in [4.69, 9.17) is 33.0 Å². The molecule has 0 aliphatic rings. The lowest BCUT2D eigenvalue weighted by Gasteiger charge is -2.32. The van der Waals surface area contributed by atoms with Gasteiger partial charge in [0.25, 0.3) is 0 Å². The molecule has 1 N–H and O–H groups in total. The molecule has 0 unspecified atom stereocenters. The average Bonchev–Trinajstić information content (AvgIpc) is 3.12. The summed E-state index contributed by atoms with van der Waals surface area (Å²) < 4.78 is 11.0. The summed E-state index contributed by atoms with van der Waals surface area (Å²) in [6, 6.07) is 7.59. The third-order valence-electron chi connectivity index (χ3n) is 4.19. The molecule has 1 heterocycles. The van der Waals surface area contributed by atoms with E-state index in [9.17, 15) is 0 Å². The Hall–Kier alpha value is -1.76. The Morgan fingerprint density at radius 3 is 2.65 bits per heavy atom. The first kappa shape index (κ1) is 20.6. The highest BCUT2D eigenvalue weighted by atomic mass is 35.5. The van der Waals surface area contributed by atoms with Crippen LogP contribution in [0.15, 0.2) is 34.9 Å². The summed E-state index contributed by atoms with van der Waals surface area (Å²) in [7, 11) is 5.69. The topological polar surface area (TPSA) is 40.9 Å². The number of methoxy groups -OCH3 is 1. The molecule has 26 heavy (non-hydrogen) atoms. The number of benzene rings is 1. The number of nitrogens with one attached hydrogen (secondary N) is 1. The van der Waals surface area contributed by atoms with E-state index in [0.717, 1.165) is 30.1 Å². The summed E-state index contributed by atoms with van der Waals surface area (Å²) in [5.41, 5.74) is 1.75. The minimum Gasteiger partial charge on any atom is -0.495 e. The third-order valence-corrected chi connectivity index (χ3v) is 4.94. The number of nitrogens with zero attached hydrogens (tertiary/aromatic N) is 2. The number of thiocarbonyl (C=S) groups is 1. The van der Waals surface area contributed by atoms with Crippen LogP contribution in [0.5, 0.6) is 5.75 Å². The molecule has 1 aromatic heterocycles. The molecule has 0 spiro atoms. The second-order valence-corrected chi connectivity index (χ2v) is 7.21. The summed E-state index contributed by atoms with van der Waals surface area (Å²) in [5, 5.41) is 4.58. The molecule has 0 bridgehead atoms. The van der Waals surface area contributed by atoms with Crippen molar-refractivity contribution in [1.29, 1.82) is 0 Å². The van der Waals surface area contributed by atoms with E-state index in [1.165, 1.54) is 0 Å². The zero-order valence-electron chi connectivity index (χ0n) is 15.9. The fourth-order valence-corrected chi connectivity index (χ4v) is 3.09. The minimum absolute atomic E-state index is 0.00402. The van der Waals surface area contributed by atoms with Crippen LogP contribution in [0.3, 0.4) is 0 Å². The molecule has 0 amide bonds. The first-order chi connectivity index (χ1) is 12.3. The van der Waals surface area contributed by atoms with Gasteiger partial charge in [-0.15, -0.1) is 0 Å². The van der Waals surface area contributed by atoms with Crippen molar-refractivity contribution < 1.29 is 9.15 Å². The van der Waals surface area contributed by atoms with Crippen molar-refractivity contribution >= 4 is 34.6 Å². The molecule has 0 saturated heterocycles. The molecule has 1 atom stereocenters. The SMILES string of the molecule is COc1cc(Cl)c(C)cc1NC(=S)N(CCN(C)C)[C@@H](C)c1ccco1. The molecule has 2 aromatic rings. The van der Waals surface area contributed by atoms with Crippen LogP contribution >= 0.6 is 23.8 Å². The second kappa shape index (κ2) is 9.26. The van der Waals surface area contributed by atoms with Gasteiger partial charge in [-0.2, -0.15) is 0 Å². The fourth-order valence-electron chi connectivity index (χ4n) is 2.58.